The average molecular weight is 335 g/mol. The first-order valence-electron chi connectivity index (χ1n) is 6.49. The Bertz CT molecular complexity index is 586. The number of ether oxygens (including phenoxy) is 1. The van der Waals surface area contributed by atoms with Crippen LogP contribution < -0.4 is 16.0 Å². The Balaban J connectivity index is 2.31. The summed E-state index contributed by atoms with van der Waals surface area (Å²) in [5.74, 6) is 6.58. The van der Waals surface area contributed by atoms with Crippen molar-refractivity contribution in [2.45, 2.75) is 19.4 Å². The highest BCUT2D eigenvalue weighted by Gasteiger charge is 2.16. The molecule has 2 aromatic rings. The van der Waals surface area contributed by atoms with Crippen LogP contribution in [0.2, 0.25) is 0 Å². The summed E-state index contributed by atoms with van der Waals surface area (Å²) in [4.78, 5) is 0. The summed E-state index contributed by atoms with van der Waals surface area (Å²) in [5.41, 5.74) is 6.50. The third kappa shape index (κ3) is 3.39. The number of halogens is 1. The minimum absolute atomic E-state index is 0.0131. The summed E-state index contributed by atoms with van der Waals surface area (Å²) in [6.07, 6.45) is 0.821. The lowest BCUT2D eigenvalue weighted by Crippen LogP contribution is -2.30. The van der Waals surface area contributed by atoms with Crippen molar-refractivity contribution in [2.24, 2.45) is 5.84 Å². The number of rotatable bonds is 5. The molecule has 0 aliphatic heterocycles. The van der Waals surface area contributed by atoms with E-state index in [2.05, 4.69) is 46.5 Å². The monoisotopic (exact) mass is 334 g/mol. The van der Waals surface area contributed by atoms with Crippen molar-refractivity contribution in [1.29, 1.82) is 0 Å². The molecule has 1 unspecified atom stereocenters. The highest BCUT2D eigenvalue weighted by molar-refractivity contribution is 9.10. The van der Waals surface area contributed by atoms with Crippen LogP contribution in [-0.4, -0.2) is 7.11 Å². The molecular formula is C16H19BrN2O. The van der Waals surface area contributed by atoms with Crippen LogP contribution in [0.25, 0.3) is 0 Å². The van der Waals surface area contributed by atoms with Crippen LogP contribution in [0.3, 0.4) is 0 Å². The lowest BCUT2D eigenvalue weighted by atomic mass is 9.96. The van der Waals surface area contributed by atoms with Crippen LogP contribution >= 0.6 is 15.9 Å². The van der Waals surface area contributed by atoms with Gasteiger partial charge >= 0.3 is 0 Å². The Morgan fingerprint density at radius 3 is 2.65 bits per heavy atom. The van der Waals surface area contributed by atoms with Gasteiger partial charge in [0.15, 0.2) is 0 Å². The van der Waals surface area contributed by atoms with Crippen LogP contribution in [0.1, 0.15) is 22.7 Å². The molecule has 3 N–H and O–H groups in total. The highest BCUT2D eigenvalue weighted by atomic mass is 79.9. The SMILES string of the molecule is COc1cc(Br)ccc1C(Cc1ccccc1C)NN. The zero-order valence-electron chi connectivity index (χ0n) is 11.7. The first kappa shape index (κ1) is 15.0. The van der Waals surface area contributed by atoms with Gasteiger partial charge in [-0.2, -0.15) is 0 Å². The van der Waals surface area contributed by atoms with Gasteiger partial charge in [-0.1, -0.05) is 46.3 Å². The maximum atomic E-state index is 5.75. The summed E-state index contributed by atoms with van der Waals surface area (Å²) in [7, 11) is 1.67. The molecule has 0 radical (unpaired) electrons. The number of benzene rings is 2. The second kappa shape index (κ2) is 6.88. The normalized spacial score (nSPS) is 12.2. The van der Waals surface area contributed by atoms with Crippen molar-refractivity contribution in [1.82, 2.24) is 5.43 Å². The molecule has 0 amide bonds. The molecule has 0 aliphatic rings. The number of hydrazine groups is 1. The molecule has 0 heterocycles. The first-order chi connectivity index (χ1) is 9.65. The number of nitrogens with one attached hydrogen (secondary N) is 1. The van der Waals surface area contributed by atoms with E-state index in [4.69, 9.17) is 10.6 Å². The fourth-order valence-corrected chi connectivity index (χ4v) is 2.63. The van der Waals surface area contributed by atoms with E-state index in [0.29, 0.717) is 0 Å². The van der Waals surface area contributed by atoms with Gasteiger partial charge in [-0.3, -0.25) is 11.3 Å². The molecule has 0 spiro atoms. The Kier molecular flexibility index (Phi) is 5.17. The van der Waals surface area contributed by atoms with E-state index in [-0.39, 0.29) is 6.04 Å². The number of methoxy groups -OCH3 is 1. The van der Waals surface area contributed by atoms with Gasteiger partial charge in [0.05, 0.1) is 13.2 Å². The van der Waals surface area contributed by atoms with E-state index in [1.54, 1.807) is 7.11 Å². The Morgan fingerprint density at radius 2 is 2.00 bits per heavy atom. The third-order valence-corrected chi connectivity index (χ3v) is 3.95. The second-order valence-corrected chi connectivity index (χ2v) is 5.65. The molecule has 106 valence electrons. The molecule has 4 heteroatoms. The number of hydrogen-bond acceptors (Lipinski definition) is 3. The van der Waals surface area contributed by atoms with Crippen molar-refractivity contribution in [3.05, 3.63) is 63.6 Å². The van der Waals surface area contributed by atoms with E-state index in [9.17, 15) is 0 Å². The number of nitrogens with two attached hydrogens (primary N) is 1. The molecule has 2 aromatic carbocycles. The molecule has 0 saturated carbocycles. The first-order valence-corrected chi connectivity index (χ1v) is 7.29. The van der Waals surface area contributed by atoms with E-state index in [0.717, 1.165) is 22.2 Å². The van der Waals surface area contributed by atoms with Crippen LogP contribution in [-0.2, 0) is 6.42 Å². The highest BCUT2D eigenvalue weighted by Crippen LogP contribution is 2.30. The maximum absolute atomic E-state index is 5.75. The zero-order valence-corrected chi connectivity index (χ0v) is 13.3. The van der Waals surface area contributed by atoms with Crippen molar-refractivity contribution in [3.63, 3.8) is 0 Å². The van der Waals surface area contributed by atoms with Gasteiger partial charge in [0.2, 0.25) is 0 Å². The molecule has 0 aliphatic carbocycles. The third-order valence-electron chi connectivity index (χ3n) is 3.46. The van der Waals surface area contributed by atoms with Crippen molar-refractivity contribution >= 4 is 15.9 Å². The summed E-state index contributed by atoms with van der Waals surface area (Å²) in [6.45, 7) is 2.11. The van der Waals surface area contributed by atoms with E-state index in [1.165, 1.54) is 11.1 Å². The Morgan fingerprint density at radius 1 is 1.25 bits per heavy atom. The summed E-state index contributed by atoms with van der Waals surface area (Å²) in [6, 6.07) is 14.3. The number of hydrogen-bond donors (Lipinski definition) is 2. The quantitative estimate of drug-likeness (QED) is 0.649. The largest absolute Gasteiger partial charge is 0.496 e. The molecule has 0 aromatic heterocycles. The van der Waals surface area contributed by atoms with Gasteiger partial charge in [0.1, 0.15) is 5.75 Å². The lowest BCUT2D eigenvalue weighted by Gasteiger charge is -2.20. The fourth-order valence-electron chi connectivity index (χ4n) is 2.29. The standard InChI is InChI=1S/C16H19BrN2O/c1-11-5-3-4-6-12(11)9-15(19-18)14-8-7-13(17)10-16(14)20-2/h3-8,10,15,19H,9,18H2,1-2H3. The van der Waals surface area contributed by atoms with Crippen molar-refractivity contribution in [3.8, 4) is 5.75 Å². The van der Waals surface area contributed by atoms with Crippen molar-refractivity contribution < 1.29 is 4.74 Å². The van der Waals surface area contributed by atoms with Gasteiger partial charge < -0.3 is 4.74 Å². The average Bonchev–Trinajstić information content (AvgIpc) is 2.46. The van der Waals surface area contributed by atoms with E-state index in [1.807, 2.05) is 24.3 Å². The molecule has 0 saturated heterocycles. The summed E-state index contributed by atoms with van der Waals surface area (Å²) >= 11 is 3.45. The van der Waals surface area contributed by atoms with Crippen LogP contribution in [0.4, 0.5) is 0 Å². The zero-order chi connectivity index (χ0) is 14.5. The lowest BCUT2D eigenvalue weighted by molar-refractivity contribution is 0.398. The smallest absolute Gasteiger partial charge is 0.124 e. The minimum Gasteiger partial charge on any atom is -0.496 e. The van der Waals surface area contributed by atoms with Gasteiger partial charge in [-0.25, -0.2) is 0 Å². The molecular weight excluding hydrogens is 316 g/mol. The van der Waals surface area contributed by atoms with Crippen LogP contribution in [0, 0.1) is 6.92 Å². The summed E-state index contributed by atoms with van der Waals surface area (Å²) < 4.78 is 6.44. The number of aryl methyl sites for hydroxylation is 1. The molecule has 2 rings (SSSR count). The van der Waals surface area contributed by atoms with Gasteiger partial charge in [-0.15, -0.1) is 0 Å². The summed E-state index contributed by atoms with van der Waals surface area (Å²) in [5, 5.41) is 0. The van der Waals surface area contributed by atoms with Gasteiger partial charge in [0, 0.05) is 10.0 Å². The van der Waals surface area contributed by atoms with E-state index >= 15 is 0 Å². The van der Waals surface area contributed by atoms with Crippen LogP contribution in [0.5, 0.6) is 5.75 Å². The molecule has 3 nitrogen and oxygen atoms in total. The fraction of sp³-hybridized carbons (Fsp3) is 0.250. The van der Waals surface area contributed by atoms with Gasteiger partial charge in [-0.05, 0) is 36.6 Å². The van der Waals surface area contributed by atoms with E-state index < -0.39 is 0 Å². The second-order valence-electron chi connectivity index (χ2n) is 4.74. The van der Waals surface area contributed by atoms with Crippen LogP contribution in [0.15, 0.2) is 46.9 Å². The van der Waals surface area contributed by atoms with Gasteiger partial charge in [0.25, 0.3) is 0 Å². The minimum atomic E-state index is 0.0131. The topological polar surface area (TPSA) is 47.3 Å². The maximum Gasteiger partial charge on any atom is 0.124 e. The Labute approximate surface area is 128 Å². The predicted octanol–water partition coefficient (Wildman–Crippen LogP) is 3.51. The van der Waals surface area contributed by atoms with Crippen molar-refractivity contribution in [2.75, 3.05) is 7.11 Å². The molecule has 0 fully saturated rings. The molecule has 20 heavy (non-hydrogen) atoms. The molecule has 1 atom stereocenters. The Hall–Kier alpha value is -1.36. The molecule has 0 bridgehead atoms. The predicted molar refractivity (Wildman–Crippen MR) is 85.6 cm³/mol.